The van der Waals surface area contributed by atoms with Crippen LogP contribution in [0.2, 0.25) is 0 Å². The normalized spacial score (nSPS) is 16.5. The third-order valence-electron chi connectivity index (χ3n) is 4.71. The molecule has 2 aromatic rings. The van der Waals surface area contributed by atoms with Crippen LogP contribution in [0.3, 0.4) is 0 Å². The molecule has 1 aliphatic carbocycles. The average Bonchev–Trinajstić information content (AvgIpc) is 3.40. The van der Waals surface area contributed by atoms with Crippen LogP contribution in [0, 0.1) is 19.8 Å². The van der Waals surface area contributed by atoms with Crippen molar-refractivity contribution >= 4 is 11.6 Å². The average molecular weight is 322 g/mol. The molecule has 0 unspecified atom stereocenters. The first-order valence-corrected chi connectivity index (χ1v) is 8.73. The van der Waals surface area contributed by atoms with Gasteiger partial charge in [-0.05, 0) is 56.7 Å². The maximum absolute atomic E-state index is 12.6. The van der Waals surface area contributed by atoms with Crippen LogP contribution >= 0.6 is 0 Å². The molecular weight excluding hydrogens is 296 g/mol. The first kappa shape index (κ1) is 16.7. The molecule has 3 heteroatoms. The molecule has 0 radical (unpaired) electrons. The van der Waals surface area contributed by atoms with Gasteiger partial charge in [-0.2, -0.15) is 0 Å². The molecule has 0 aromatic heterocycles. The minimum absolute atomic E-state index is 0.0172. The van der Waals surface area contributed by atoms with Crippen molar-refractivity contribution in [2.75, 3.05) is 5.32 Å². The van der Waals surface area contributed by atoms with Gasteiger partial charge in [0.25, 0.3) is 0 Å². The van der Waals surface area contributed by atoms with Crippen molar-refractivity contribution < 1.29 is 4.79 Å². The van der Waals surface area contributed by atoms with Gasteiger partial charge < -0.3 is 5.32 Å². The fourth-order valence-electron chi connectivity index (χ4n) is 3.13. The van der Waals surface area contributed by atoms with Crippen molar-refractivity contribution in [2.45, 2.75) is 45.7 Å². The van der Waals surface area contributed by atoms with Crippen LogP contribution in [0.1, 0.15) is 42.5 Å². The summed E-state index contributed by atoms with van der Waals surface area (Å²) in [6.45, 7) is 6.03. The fourth-order valence-corrected chi connectivity index (χ4v) is 3.13. The molecule has 0 bridgehead atoms. The highest BCUT2D eigenvalue weighted by Gasteiger charge is 2.33. The van der Waals surface area contributed by atoms with Crippen molar-refractivity contribution in [1.82, 2.24) is 5.32 Å². The maximum atomic E-state index is 12.6. The van der Waals surface area contributed by atoms with Crippen molar-refractivity contribution in [2.24, 2.45) is 5.92 Å². The minimum atomic E-state index is -0.239. The molecule has 0 saturated heterocycles. The Morgan fingerprint density at radius 2 is 1.79 bits per heavy atom. The second kappa shape index (κ2) is 7.18. The van der Waals surface area contributed by atoms with Gasteiger partial charge in [-0.1, -0.05) is 48.0 Å². The smallest absolute Gasteiger partial charge is 0.241 e. The van der Waals surface area contributed by atoms with Crippen LogP contribution in [0.25, 0.3) is 0 Å². The van der Waals surface area contributed by atoms with E-state index in [0.717, 1.165) is 11.3 Å². The lowest BCUT2D eigenvalue weighted by Crippen LogP contribution is -2.41. The molecule has 1 saturated carbocycles. The highest BCUT2D eigenvalue weighted by Crippen LogP contribution is 2.41. The predicted molar refractivity (Wildman–Crippen MR) is 99.1 cm³/mol. The number of hydrogen-bond donors (Lipinski definition) is 2. The second-order valence-electron chi connectivity index (χ2n) is 6.92. The Hall–Kier alpha value is -2.13. The Morgan fingerprint density at radius 1 is 1.08 bits per heavy atom. The molecular formula is C21H26N2O. The van der Waals surface area contributed by atoms with Crippen LogP contribution in [0.15, 0.2) is 48.5 Å². The molecule has 2 aromatic carbocycles. The summed E-state index contributed by atoms with van der Waals surface area (Å²) in [5.41, 5.74) is 4.46. The number of hydrogen-bond acceptors (Lipinski definition) is 2. The van der Waals surface area contributed by atoms with E-state index in [-0.39, 0.29) is 18.0 Å². The first-order valence-electron chi connectivity index (χ1n) is 8.73. The molecule has 1 aliphatic rings. The van der Waals surface area contributed by atoms with E-state index in [2.05, 4.69) is 47.9 Å². The van der Waals surface area contributed by atoms with E-state index in [4.69, 9.17) is 0 Å². The monoisotopic (exact) mass is 322 g/mol. The van der Waals surface area contributed by atoms with Gasteiger partial charge >= 0.3 is 0 Å². The summed E-state index contributed by atoms with van der Waals surface area (Å²) in [6, 6.07) is 16.6. The number of aryl methyl sites for hydroxylation is 2. The summed E-state index contributed by atoms with van der Waals surface area (Å²) in [5.74, 6) is 0.660. The fraction of sp³-hybridized carbons (Fsp3) is 0.381. The number of nitrogens with one attached hydrogen (secondary N) is 2. The zero-order chi connectivity index (χ0) is 17.1. The zero-order valence-corrected chi connectivity index (χ0v) is 14.7. The highest BCUT2D eigenvalue weighted by atomic mass is 16.2. The summed E-state index contributed by atoms with van der Waals surface area (Å²) in [7, 11) is 0. The quantitative estimate of drug-likeness (QED) is 0.829. The maximum Gasteiger partial charge on any atom is 0.241 e. The standard InChI is InChI=1S/C21H26N2O/c1-14-9-12-19(15(2)13-14)23-21(24)16(3)22-20(18-10-11-18)17-7-5-4-6-8-17/h4-9,12-13,16,18,20,22H,10-11H2,1-3H3,(H,23,24)/t16-,20+/m1/s1. The number of carbonyl (C=O) groups is 1. The summed E-state index contributed by atoms with van der Waals surface area (Å²) >= 11 is 0. The second-order valence-corrected chi connectivity index (χ2v) is 6.92. The van der Waals surface area contributed by atoms with Gasteiger partial charge in [0.05, 0.1) is 6.04 Å². The van der Waals surface area contributed by atoms with Gasteiger partial charge in [0.2, 0.25) is 5.91 Å². The largest absolute Gasteiger partial charge is 0.324 e. The first-order chi connectivity index (χ1) is 11.5. The third-order valence-corrected chi connectivity index (χ3v) is 4.71. The SMILES string of the molecule is Cc1ccc(NC(=O)[C@@H](C)N[C@@H](c2ccccc2)C2CC2)c(C)c1. The molecule has 2 N–H and O–H groups in total. The molecule has 0 spiro atoms. The van der Waals surface area contributed by atoms with Gasteiger partial charge in [-0.25, -0.2) is 0 Å². The van der Waals surface area contributed by atoms with Crippen LogP contribution in [0.5, 0.6) is 0 Å². The summed E-state index contributed by atoms with van der Waals surface area (Å²) < 4.78 is 0. The van der Waals surface area contributed by atoms with Gasteiger partial charge in [0, 0.05) is 11.7 Å². The predicted octanol–water partition coefficient (Wildman–Crippen LogP) is 4.37. The molecule has 24 heavy (non-hydrogen) atoms. The Bertz CT molecular complexity index is 707. The molecule has 3 nitrogen and oxygen atoms in total. The van der Waals surface area contributed by atoms with Gasteiger partial charge in [0.15, 0.2) is 0 Å². The van der Waals surface area contributed by atoms with Crippen LogP contribution in [-0.2, 0) is 4.79 Å². The molecule has 1 fully saturated rings. The summed E-state index contributed by atoms with van der Waals surface area (Å²) in [4.78, 5) is 12.6. The van der Waals surface area contributed by atoms with Gasteiger partial charge in [0.1, 0.15) is 0 Å². The van der Waals surface area contributed by atoms with E-state index in [1.807, 2.05) is 32.0 Å². The van der Waals surface area contributed by atoms with Crippen molar-refractivity contribution in [3.05, 3.63) is 65.2 Å². The van der Waals surface area contributed by atoms with Crippen molar-refractivity contribution in [1.29, 1.82) is 0 Å². The third kappa shape index (κ3) is 4.04. The number of anilines is 1. The van der Waals surface area contributed by atoms with E-state index in [1.165, 1.54) is 24.0 Å². The molecule has 0 aliphatic heterocycles. The number of benzene rings is 2. The van der Waals surface area contributed by atoms with E-state index in [9.17, 15) is 4.79 Å². The van der Waals surface area contributed by atoms with E-state index in [0.29, 0.717) is 5.92 Å². The number of rotatable bonds is 6. The van der Waals surface area contributed by atoms with E-state index < -0.39 is 0 Å². The Balaban J connectivity index is 1.66. The van der Waals surface area contributed by atoms with E-state index >= 15 is 0 Å². The van der Waals surface area contributed by atoms with Crippen molar-refractivity contribution in [3.8, 4) is 0 Å². The molecule has 2 atom stereocenters. The minimum Gasteiger partial charge on any atom is -0.324 e. The zero-order valence-electron chi connectivity index (χ0n) is 14.7. The summed E-state index contributed by atoms with van der Waals surface area (Å²) in [6.07, 6.45) is 2.47. The van der Waals surface area contributed by atoms with Crippen LogP contribution in [0.4, 0.5) is 5.69 Å². The highest BCUT2D eigenvalue weighted by molar-refractivity contribution is 5.95. The summed E-state index contributed by atoms with van der Waals surface area (Å²) in [5, 5.41) is 6.59. The lowest BCUT2D eigenvalue weighted by Gasteiger charge is -2.23. The molecule has 1 amide bonds. The topological polar surface area (TPSA) is 41.1 Å². The number of amides is 1. The van der Waals surface area contributed by atoms with Crippen LogP contribution in [-0.4, -0.2) is 11.9 Å². The molecule has 126 valence electrons. The van der Waals surface area contributed by atoms with Gasteiger partial charge in [-0.3, -0.25) is 10.1 Å². The van der Waals surface area contributed by atoms with Crippen molar-refractivity contribution in [3.63, 3.8) is 0 Å². The Kier molecular flexibility index (Phi) is 5.00. The Labute approximate surface area is 144 Å². The lowest BCUT2D eigenvalue weighted by molar-refractivity contribution is -0.118. The molecule has 0 heterocycles. The van der Waals surface area contributed by atoms with Gasteiger partial charge in [-0.15, -0.1) is 0 Å². The lowest BCUT2D eigenvalue weighted by atomic mass is 10.0. The molecule has 3 rings (SSSR count). The number of carbonyl (C=O) groups excluding carboxylic acids is 1. The van der Waals surface area contributed by atoms with E-state index in [1.54, 1.807) is 0 Å². The van der Waals surface area contributed by atoms with Crippen LogP contribution < -0.4 is 10.6 Å². The Morgan fingerprint density at radius 3 is 2.42 bits per heavy atom.